The summed E-state index contributed by atoms with van der Waals surface area (Å²) in [6.07, 6.45) is 58.5. The number of rotatable bonds is 41. The van der Waals surface area contributed by atoms with Crippen LogP contribution in [0.25, 0.3) is 0 Å². The van der Waals surface area contributed by atoms with Crippen LogP contribution in [0.4, 0.5) is 0 Å². The van der Waals surface area contributed by atoms with E-state index in [1.54, 1.807) is 0 Å². The zero-order valence-electron chi connectivity index (χ0n) is 34.7. The second-order valence-corrected chi connectivity index (χ2v) is 17.2. The Kier molecular flexibility index (Phi) is 38.1. The van der Waals surface area contributed by atoms with Crippen LogP contribution >= 0.6 is 0 Å². The normalized spacial score (nSPS) is 12.8. The Morgan fingerprint density at radius 1 is 0.353 bits per heavy atom. The molecule has 0 spiro atoms. The van der Waals surface area contributed by atoms with Gasteiger partial charge in [-0.2, -0.15) is 0 Å². The van der Waals surface area contributed by atoms with Gasteiger partial charge in [-0.25, -0.2) is 12.9 Å². The number of quaternary nitrogens is 1. The molecule has 0 N–H and O–H groups in total. The molecule has 0 unspecified atom stereocenters. The van der Waals surface area contributed by atoms with Gasteiger partial charge in [-0.15, -0.1) is 0 Å². The molecule has 0 aromatic rings. The molecule has 0 amide bonds. The molecule has 4 nitrogen and oxygen atoms in total. The van der Waals surface area contributed by atoms with Crippen molar-refractivity contribution >= 4 is 10.1 Å². The average Bonchev–Trinajstić information content (AvgIpc) is 3.10. The number of unbranched alkanes of at least 4 members (excludes halogenated alkanes) is 33. The molecule has 5 heteroatoms. The summed E-state index contributed by atoms with van der Waals surface area (Å²) in [6, 6.07) is 0. The van der Waals surface area contributed by atoms with Gasteiger partial charge in [-0.05, 0) is 56.8 Å². The van der Waals surface area contributed by atoms with Crippen molar-refractivity contribution in [3.8, 4) is 0 Å². The van der Waals surface area contributed by atoms with Gasteiger partial charge in [-0.1, -0.05) is 213 Å². The Morgan fingerprint density at radius 2 is 0.549 bits per heavy atom. The fraction of sp³-hybridized carbons (Fsp3) is 0.870. The van der Waals surface area contributed by atoms with Crippen molar-refractivity contribution in [3.05, 3.63) is 36.8 Å². The lowest BCUT2D eigenvalue weighted by molar-refractivity contribution is -0.760. The first-order valence-corrected chi connectivity index (χ1v) is 24.3. The number of allylic oxidation sites excluding steroid dienone is 3. The fourth-order valence-electron chi connectivity index (χ4n) is 7.14. The van der Waals surface area contributed by atoms with Gasteiger partial charge in [0.05, 0.1) is 0 Å². The van der Waals surface area contributed by atoms with E-state index in [0.717, 1.165) is 38.5 Å². The predicted molar refractivity (Wildman–Crippen MR) is 225 cm³/mol. The molecule has 0 saturated heterocycles. The van der Waals surface area contributed by atoms with E-state index in [0.29, 0.717) is 0 Å². The van der Waals surface area contributed by atoms with Gasteiger partial charge in [0.15, 0.2) is 5.88 Å². The summed E-state index contributed by atoms with van der Waals surface area (Å²) in [7, 11) is -4.42. The molecule has 51 heavy (non-hydrogen) atoms. The lowest BCUT2D eigenvalue weighted by atomic mass is 10.1. The van der Waals surface area contributed by atoms with Crippen molar-refractivity contribution in [2.24, 2.45) is 0 Å². The SMILES string of the molecule is CCCCCCCCCCCCC/C=C/[N+](/C=C/CCCCCCCCCCCCC)(/C=C/CCCCCCCCCCCCC)CS(=O)(=O)[O-]. The molecular formula is C46H89NO3S. The smallest absolute Gasteiger partial charge is 0.181 e. The maximum atomic E-state index is 12.2. The molecule has 0 rings (SSSR count). The minimum Gasteiger partial charge on any atom is -0.744 e. The highest BCUT2D eigenvalue weighted by Crippen LogP contribution is 2.20. The molecule has 0 aromatic carbocycles. The first kappa shape index (κ1) is 50.1. The van der Waals surface area contributed by atoms with Gasteiger partial charge in [0.25, 0.3) is 0 Å². The van der Waals surface area contributed by atoms with Gasteiger partial charge in [0.1, 0.15) is 28.7 Å². The van der Waals surface area contributed by atoms with Crippen molar-refractivity contribution in [2.45, 2.75) is 252 Å². The van der Waals surface area contributed by atoms with Gasteiger partial charge < -0.3 is 4.55 Å². The lowest BCUT2D eigenvalue weighted by Crippen LogP contribution is -2.36. The molecule has 0 radical (unpaired) electrons. The van der Waals surface area contributed by atoms with E-state index in [9.17, 15) is 13.0 Å². The molecule has 0 fully saturated rings. The van der Waals surface area contributed by atoms with Gasteiger partial charge in [0.2, 0.25) is 0 Å². The van der Waals surface area contributed by atoms with Crippen LogP contribution in [0.5, 0.6) is 0 Å². The fourth-order valence-corrected chi connectivity index (χ4v) is 7.95. The van der Waals surface area contributed by atoms with Crippen molar-refractivity contribution in [2.75, 3.05) is 5.88 Å². The Bertz CT molecular complexity index is 806. The highest BCUT2D eigenvalue weighted by molar-refractivity contribution is 7.85. The third-order valence-electron chi connectivity index (χ3n) is 10.5. The topological polar surface area (TPSA) is 57.2 Å². The van der Waals surface area contributed by atoms with Crippen LogP contribution < -0.4 is 0 Å². The van der Waals surface area contributed by atoms with Crippen LogP contribution in [0.3, 0.4) is 0 Å². The molecule has 0 bridgehead atoms. The molecular weight excluding hydrogens is 647 g/mol. The molecule has 0 atom stereocenters. The van der Waals surface area contributed by atoms with Gasteiger partial charge in [0, 0.05) is 0 Å². The zero-order chi connectivity index (χ0) is 37.4. The molecule has 0 aromatic heterocycles. The summed E-state index contributed by atoms with van der Waals surface area (Å²) in [6.45, 7) is 6.82. The molecule has 0 saturated carbocycles. The van der Waals surface area contributed by atoms with Crippen molar-refractivity contribution in [1.29, 1.82) is 0 Å². The summed E-state index contributed by atoms with van der Waals surface area (Å²) in [5, 5.41) is 0. The van der Waals surface area contributed by atoms with Crippen LogP contribution in [0.1, 0.15) is 252 Å². The summed E-state index contributed by atoms with van der Waals surface area (Å²) < 4.78 is 36.5. The standard InChI is InChI=1S/C46H89NO3S/c1-4-7-10-13-16-19-22-25-28-31-34-37-40-43-47(46-51(48,49)50,44-41-38-35-32-29-26-23-20-17-14-11-8-5-2)45-42-39-36-33-30-27-24-21-18-15-12-9-6-3/h40-45H,4-39,46H2,1-3H3/b43-40+,44-41+,45-42+. The third kappa shape index (κ3) is 38.6. The minimum atomic E-state index is -4.42. The van der Waals surface area contributed by atoms with E-state index >= 15 is 0 Å². The minimum absolute atomic E-state index is 0.0140. The highest BCUT2D eigenvalue weighted by atomic mass is 32.2. The van der Waals surface area contributed by atoms with Crippen LogP contribution in [0, 0.1) is 0 Å². The monoisotopic (exact) mass is 736 g/mol. The van der Waals surface area contributed by atoms with Crippen LogP contribution in [-0.4, -0.2) is 23.3 Å². The molecule has 0 aliphatic rings. The van der Waals surface area contributed by atoms with Gasteiger partial charge >= 0.3 is 0 Å². The van der Waals surface area contributed by atoms with E-state index < -0.39 is 16.0 Å². The molecule has 0 aliphatic heterocycles. The van der Waals surface area contributed by atoms with E-state index in [1.807, 2.05) is 18.6 Å². The van der Waals surface area contributed by atoms with E-state index in [1.165, 1.54) is 193 Å². The number of hydrogen-bond acceptors (Lipinski definition) is 3. The summed E-state index contributed by atoms with van der Waals surface area (Å²) in [4.78, 5) is 0. The number of nitrogens with zero attached hydrogens (tertiary/aromatic N) is 1. The van der Waals surface area contributed by atoms with Crippen LogP contribution in [-0.2, 0) is 10.1 Å². The lowest BCUT2D eigenvalue weighted by Gasteiger charge is -2.28. The summed E-state index contributed by atoms with van der Waals surface area (Å²) in [5.41, 5.74) is 0. The molecule has 302 valence electrons. The van der Waals surface area contributed by atoms with Gasteiger partial charge in [-0.3, -0.25) is 0 Å². The van der Waals surface area contributed by atoms with Crippen molar-refractivity contribution in [3.63, 3.8) is 0 Å². The Balaban J connectivity index is 4.87. The van der Waals surface area contributed by atoms with E-state index in [4.69, 9.17) is 0 Å². The highest BCUT2D eigenvalue weighted by Gasteiger charge is 2.22. The summed E-state index contributed by atoms with van der Waals surface area (Å²) >= 11 is 0. The Morgan fingerprint density at radius 3 is 0.745 bits per heavy atom. The maximum Gasteiger partial charge on any atom is 0.181 e. The Hall–Kier alpha value is -0.910. The first-order valence-electron chi connectivity index (χ1n) is 22.7. The zero-order valence-corrected chi connectivity index (χ0v) is 35.5. The predicted octanol–water partition coefficient (Wildman–Crippen LogP) is 16.0. The average molecular weight is 736 g/mol. The first-order chi connectivity index (χ1) is 24.9. The summed E-state index contributed by atoms with van der Waals surface area (Å²) in [5.74, 6) is -0.453. The third-order valence-corrected chi connectivity index (χ3v) is 11.2. The second kappa shape index (κ2) is 38.8. The maximum absolute atomic E-state index is 12.2. The Labute approximate surface area is 321 Å². The largest absolute Gasteiger partial charge is 0.744 e. The van der Waals surface area contributed by atoms with Crippen LogP contribution in [0.15, 0.2) is 36.8 Å². The second-order valence-electron chi connectivity index (χ2n) is 15.8. The van der Waals surface area contributed by atoms with E-state index in [2.05, 4.69) is 39.0 Å². The number of hydrogen-bond donors (Lipinski definition) is 0. The van der Waals surface area contributed by atoms with E-state index in [-0.39, 0.29) is 4.48 Å². The van der Waals surface area contributed by atoms with Crippen molar-refractivity contribution < 1.29 is 17.5 Å². The van der Waals surface area contributed by atoms with Crippen LogP contribution in [0.2, 0.25) is 0 Å². The quantitative estimate of drug-likeness (QED) is 0.0357. The van der Waals surface area contributed by atoms with Crippen molar-refractivity contribution in [1.82, 2.24) is 0 Å². The molecule has 0 heterocycles. The molecule has 0 aliphatic carbocycles.